The zero-order chi connectivity index (χ0) is 10.1. The van der Waals surface area contributed by atoms with E-state index in [-0.39, 0.29) is 5.56 Å². The van der Waals surface area contributed by atoms with Crippen molar-refractivity contribution in [3.8, 4) is 0 Å². The van der Waals surface area contributed by atoms with E-state index in [4.69, 9.17) is 0 Å². The van der Waals surface area contributed by atoms with Crippen molar-refractivity contribution in [2.75, 3.05) is 0 Å². The topological polar surface area (TPSA) is 12.9 Å². The third-order valence-electron chi connectivity index (χ3n) is 1.98. The highest BCUT2D eigenvalue weighted by molar-refractivity contribution is 5.18. The van der Waals surface area contributed by atoms with Crippen molar-refractivity contribution in [3.05, 3.63) is 30.1 Å². The lowest BCUT2D eigenvalue weighted by molar-refractivity contribution is -0.104. The summed E-state index contributed by atoms with van der Waals surface area (Å²) in [6.45, 7) is 4.56. The van der Waals surface area contributed by atoms with E-state index in [9.17, 15) is 8.78 Å². The van der Waals surface area contributed by atoms with Gasteiger partial charge in [0.05, 0.1) is 0 Å². The van der Waals surface area contributed by atoms with E-state index >= 15 is 0 Å². The molecule has 0 spiro atoms. The quantitative estimate of drug-likeness (QED) is 0.654. The smallest absolute Gasteiger partial charge is 0.265 e. The molecule has 0 bridgehead atoms. The normalized spacial score (nSPS) is 13.0. The van der Waals surface area contributed by atoms with Crippen molar-refractivity contribution in [1.82, 2.24) is 4.98 Å². The molecular formula is C10H13F2N. The fourth-order valence-corrected chi connectivity index (χ4v) is 0.994. The molecule has 1 nitrogen and oxygen atoms in total. The van der Waals surface area contributed by atoms with Crippen LogP contribution in [0.1, 0.15) is 26.3 Å². The Bertz CT molecular complexity index is 275. The number of rotatable bonds is 1. The van der Waals surface area contributed by atoms with Gasteiger partial charge in [-0.2, -0.15) is 0 Å². The molecule has 3 heteroatoms. The number of aromatic nitrogens is 1. The third kappa shape index (κ3) is 1.85. The SMILES string of the molecule is CC(C)(C)C(F)(F)c1ccncc1. The lowest BCUT2D eigenvalue weighted by atomic mass is 9.84. The van der Waals surface area contributed by atoms with E-state index in [1.54, 1.807) is 0 Å². The first-order valence-corrected chi connectivity index (χ1v) is 4.14. The molecule has 0 atom stereocenters. The molecular weight excluding hydrogens is 172 g/mol. The number of alkyl halides is 2. The Hall–Kier alpha value is -0.990. The van der Waals surface area contributed by atoms with Crippen molar-refractivity contribution in [2.45, 2.75) is 26.7 Å². The Kier molecular flexibility index (Phi) is 2.37. The summed E-state index contributed by atoms with van der Waals surface area (Å²) in [5.41, 5.74) is -1.04. The maximum Gasteiger partial charge on any atom is 0.278 e. The van der Waals surface area contributed by atoms with E-state index in [2.05, 4.69) is 4.98 Å². The van der Waals surface area contributed by atoms with Gasteiger partial charge < -0.3 is 0 Å². The lowest BCUT2D eigenvalue weighted by Gasteiger charge is -2.30. The van der Waals surface area contributed by atoms with E-state index in [1.165, 1.54) is 45.3 Å². The molecule has 0 saturated heterocycles. The molecule has 1 aromatic rings. The van der Waals surface area contributed by atoms with E-state index in [0.29, 0.717) is 0 Å². The van der Waals surface area contributed by atoms with Crippen molar-refractivity contribution in [2.24, 2.45) is 5.41 Å². The maximum atomic E-state index is 13.6. The molecule has 1 heterocycles. The Labute approximate surface area is 76.8 Å². The van der Waals surface area contributed by atoms with Gasteiger partial charge in [0, 0.05) is 23.4 Å². The Balaban J connectivity index is 3.08. The molecule has 0 saturated carbocycles. The van der Waals surface area contributed by atoms with Crippen LogP contribution in [-0.2, 0) is 5.92 Å². The molecule has 0 aliphatic heterocycles. The number of halogens is 2. The number of pyridine rings is 1. The zero-order valence-electron chi connectivity index (χ0n) is 8.01. The monoisotopic (exact) mass is 185 g/mol. The summed E-state index contributed by atoms with van der Waals surface area (Å²) >= 11 is 0. The molecule has 1 rings (SSSR count). The Morgan fingerprint density at radius 2 is 1.54 bits per heavy atom. The molecule has 0 radical (unpaired) electrons. The Morgan fingerprint density at radius 1 is 1.08 bits per heavy atom. The maximum absolute atomic E-state index is 13.6. The number of nitrogens with zero attached hydrogens (tertiary/aromatic N) is 1. The fraction of sp³-hybridized carbons (Fsp3) is 0.500. The molecule has 0 fully saturated rings. The van der Waals surface area contributed by atoms with E-state index in [1.807, 2.05) is 0 Å². The van der Waals surface area contributed by atoms with Crippen LogP contribution in [0.25, 0.3) is 0 Å². The van der Waals surface area contributed by atoms with Crippen molar-refractivity contribution >= 4 is 0 Å². The van der Waals surface area contributed by atoms with Crippen LogP contribution in [0.3, 0.4) is 0 Å². The third-order valence-corrected chi connectivity index (χ3v) is 1.98. The van der Waals surface area contributed by atoms with Crippen LogP contribution in [0.2, 0.25) is 0 Å². The summed E-state index contributed by atoms with van der Waals surface area (Å²) < 4.78 is 27.3. The van der Waals surface area contributed by atoms with Crippen LogP contribution in [0, 0.1) is 5.41 Å². The van der Waals surface area contributed by atoms with E-state index in [0.717, 1.165) is 0 Å². The van der Waals surface area contributed by atoms with Crippen molar-refractivity contribution < 1.29 is 8.78 Å². The zero-order valence-corrected chi connectivity index (χ0v) is 8.01. The largest absolute Gasteiger partial charge is 0.278 e. The van der Waals surface area contributed by atoms with Gasteiger partial charge in [0.15, 0.2) is 0 Å². The molecule has 0 aliphatic carbocycles. The van der Waals surface area contributed by atoms with Crippen LogP contribution in [0.4, 0.5) is 8.78 Å². The highest BCUT2D eigenvalue weighted by Crippen LogP contribution is 2.43. The summed E-state index contributed by atoms with van der Waals surface area (Å²) in [6.07, 6.45) is 2.77. The minimum Gasteiger partial charge on any atom is -0.265 e. The van der Waals surface area contributed by atoms with Crippen LogP contribution < -0.4 is 0 Å². The minimum atomic E-state index is -2.81. The van der Waals surface area contributed by atoms with Gasteiger partial charge in [-0.25, -0.2) is 8.78 Å². The second-order valence-electron chi connectivity index (χ2n) is 4.06. The predicted octanol–water partition coefficient (Wildman–Crippen LogP) is 3.22. The van der Waals surface area contributed by atoms with Gasteiger partial charge in [-0.05, 0) is 12.1 Å². The van der Waals surface area contributed by atoms with Gasteiger partial charge in [-0.1, -0.05) is 20.8 Å². The molecule has 0 unspecified atom stereocenters. The molecule has 72 valence electrons. The second kappa shape index (κ2) is 3.05. The van der Waals surface area contributed by atoms with Crippen molar-refractivity contribution in [1.29, 1.82) is 0 Å². The van der Waals surface area contributed by atoms with Gasteiger partial charge in [0.2, 0.25) is 0 Å². The molecule has 1 aromatic heterocycles. The van der Waals surface area contributed by atoms with Gasteiger partial charge >= 0.3 is 0 Å². The lowest BCUT2D eigenvalue weighted by Crippen LogP contribution is -2.31. The van der Waals surface area contributed by atoms with Crippen LogP contribution in [-0.4, -0.2) is 4.98 Å². The molecule has 0 aliphatic rings. The van der Waals surface area contributed by atoms with Gasteiger partial charge in [-0.3, -0.25) is 4.98 Å². The van der Waals surface area contributed by atoms with Gasteiger partial charge in [0.1, 0.15) is 0 Å². The molecule has 0 aromatic carbocycles. The second-order valence-corrected chi connectivity index (χ2v) is 4.06. The predicted molar refractivity (Wildman–Crippen MR) is 47.6 cm³/mol. The van der Waals surface area contributed by atoms with E-state index < -0.39 is 11.3 Å². The fourth-order valence-electron chi connectivity index (χ4n) is 0.994. The summed E-state index contributed by atoms with van der Waals surface area (Å²) in [7, 11) is 0. The average Bonchev–Trinajstić information content (AvgIpc) is 2.04. The highest BCUT2D eigenvalue weighted by atomic mass is 19.3. The van der Waals surface area contributed by atoms with Gasteiger partial charge in [0.25, 0.3) is 5.92 Å². The van der Waals surface area contributed by atoms with Crippen LogP contribution in [0.15, 0.2) is 24.5 Å². The first-order valence-electron chi connectivity index (χ1n) is 4.14. The molecule has 0 N–H and O–H groups in total. The highest BCUT2D eigenvalue weighted by Gasteiger charge is 2.44. The average molecular weight is 185 g/mol. The first kappa shape index (κ1) is 10.1. The van der Waals surface area contributed by atoms with Gasteiger partial charge in [-0.15, -0.1) is 0 Å². The van der Waals surface area contributed by atoms with Crippen LogP contribution in [0.5, 0.6) is 0 Å². The minimum absolute atomic E-state index is 0.0231. The number of hydrogen-bond donors (Lipinski definition) is 0. The summed E-state index contributed by atoms with van der Waals surface area (Å²) in [6, 6.07) is 2.70. The standard InChI is InChI=1S/C10H13F2N/c1-9(2,3)10(11,12)8-4-6-13-7-5-8/h4-7H,1-3H3. The first-order chi connectivity index (χ1) is 5.86. The molecule has 0 amide bonds. The Morgan fingerprint density at radius 3 is 1.92 bits per heavy atom. The summed E-state index contributed by atoms with van der Waals surface area (Å²) in [5, 5.41) is 0. The molecule has 13 heavy (non-hydrogen) atoms. The summed E-state index contributed by atoms with van der Waals surface area (Å²) in [5.74, 6) is -2.81. The summed E-state index contributed by atoms with van der Waals surface area (Å²) in [4.78, 5) is 3.71. The van der Waals surface area contributed by atoms with Crippen molar-refractivity contribution in [3.63, 3.8) is 0 Å². The number of hydrogen-bond acceptors (Lipinski definition) is 1. The van der Waals surface area contributed by atoms with Crippen LogP contribution >= 0.6 is 0 Å².